The van der Waals surface area contributed by atoms with E-state index in [4.69, 9.17) is 16.3 Å². The lowest BCUT2D eigenvalue weighted by atomic mass is 10.0. The van der Waals surface area contributed by atoms with Crippen molar-refractivity contribution >= 4 is 34.4 Å². The van der Waals surface area contributed by atoms with Crippen molar-refractivity contribution in [3.63, 3.8) is 0 Å². The third-order valence-corrected chi connectivity index (χ3v) is 6.36. The first-order valence-electron chi connectivity index (χ1n) is 11.1. The summed E-state index contributed by atoms with van der Waals surface area (Å²) in [5.74, 6) is -0.798. The topological polar surface area (TPSA) is 101 Å². The Kier molecular flexibility index (Phi) is 5.98. The highest BCUT2D eigenvalue weighted by Gasteiger charge is 2.17. The highest BCUT2D eigenvalue weighted by Crippen LogP contribution is 2.32. The summed E-state index contributed by atoms with van der Waals surface area (Å²) >= 11 is 6.54. The molecule has 1 aliphatic heterocycles. The Morgan fingerprint density at radius 3 is 2.47 bits per heavy atom. The lowest BCUT2D eigenvalue weighted by Crippen LogP contribution is -2.17. The average Bonchev–Trinajstić information content (AvgIpc) is 3.53. The Morgan fingerprint density at radius 2 is 1.79 bits per heavy atom. The molecule has 8 nitrogen and oxygen atoms in total. The van der Waals surface area contributed by atoms with Crippen molar-refractivity contribution < 1.29 is 9.53 Å². The van der Waals surface area contributed by atoms with Gasteiger partial charge in [-0.2, -0.15) is 4.98 Å². The van der Waals surface area contributed by atoms with Gasteiger partial charge in [0.1, 0.15) is 5.75 Å². The number of anilines is 1. The summed E-state index contributed by atoms with van der Waals surface area (Å²) in [6, 6.07) is 17.2. The highest BCUT2D eigenvalue weighted by molar-refractivity contribution is 6.33. The van der Waals surface area contributed by atoms with Crippen LogP contribution in [0.1, 0.15) is 31.2 Å². The Hall–Kier alpha value is -3.78. The summed E-state index contributed by atoms with van der Waals surface area (Å²) in [6.07, 6.45) is 2.46. The largest absolute Gasteiger partial charge is 0.426 e. The Labute approximate surface area is 200 Å². The molecular formula is C25H22ClN5O3. The summed E-state index contributed by atoms with van der Waals surface area (Å²) in [5.41, 5.74) is 4.61. The van der Waals surface area contributed by atoms with E-state index in [1.165, 1.54) is 18.5 Å². The van der Waals surface area contributed by atoms with E-state index in [0.717, 1.165) is 18.7 Å². The number of nitrogens with zero attached hydrogens (tertiary/aromatic N) is 4. The van der Waals surface area contributed by atoms with Gasteiger partial charge in [-0.15, -0.1) is 4.91 Å². The molecule has 1 amide bonds. The number of fused-ring (bicyclic) bond motifs is 1. The predicted molar refractivity (Wildman–Crippen MR) is 132 cm³/mol. The molecule has 5 rings (SSSR count). The molecule has 0 bridgehead atoms. The van der Waals surface area contributed by atoms with Crippen molar-refractivity contribution in [1.29, 1.82) is 0 Å². The zero-order chi connectivity index (χ0) is 23.7. The Bertz CT molecular complexity index is 1350. The van der Waals surface area contributed by atoms with Crippen molar-refractivity contribution in [1.82, 2.24) is 15.0 Å². The maximum Gasteiger partial charge on any atom is 0.301 e. The maximum atomic E-state index is 11.5. The number of nitrogens with one attached hydrogen (secondary N) is 1. The fourth-order valence-corrected chi connectivity index (χ4v) is 4.37. The number of carbonyl (C=O) groups is 1. The number of amides is 1. The number of hydrogen-bond donors (Lipinski definition) is 1. The van der Waals surface area contributed by atoms with Crippen LogP contribution in [-0.2, 0) is 4.79 Å². The minimum Gasteiger partial charge on any atom is -0.426 e. The second-order valence-corrected chi connectivity index (χ2v) is 8.70. The smallest absolute Gasteiger partial charge is 0.301 e. The van der Waals surface area contributed by atoms with Crippen LogP contribution in [0.5, 0.6) is 11.8 Å². The molecule has 1 aliphatic rings. The molecule has 9 heteroatoms. The zero-order valence-corrected chi connectivity index (χ0v) is 19.2. The number of nitroso groups, excluding NO2 is 1. The van der Waals surface area contributed by atoms with Gasteiger partial charge in [-0.25, -0.2) is 4.98 Å². The van der Waals surface area contributed by atoms with Crippen molar-refractivity contribution in [3.05, 3.63) is 70.1 Å². The summed E-state index contributed by atoms with van der Waals surface area (Å²) in [4.78, 5) is 36.5. The van der Waals surface area contributed by atoms with Crippen molar-refractivity contribution in [3.8, 4) is 23.0 Å². The number of rotatable bonds is 6. The van der Waals surface area contributed by atoms with Crippen LogP contribution in [-0.4, -0.2) is 33.9 Å². The minimum atomic E-state index is -0.713. The molecule has 1 unspecified atom stereocenters. The third-order valence-electron chi connectivity index (χ3n) is 6.07. The van der Waals surface area contributed by atoms with Gasteiger partial charge in [0.05, 0.1) is 22.2 Å². The van der Waals surface area contributed by atoms with Crippen molar-refractivity contribution in [2.75, 3.05) is 18.0 Å². The standard InChI is InChI=1S/C25H22ClN5O3/c1-15(24(32)30-33)16-6-10-19(11-7-16)34-25-27-21-14-20(26)22(28-23(21)29-25)17-4-8-18(9-5-17)31-12-2-3-13-31/h4-11,14-15H,2-3,12-13H2,1H3,(H,27,28,29). The van der Waals surface area contributed by atoms with E-state index in [1.807, 2.05) is 12.1 Å². The first-order chi connectivity index (χ1) is 16.5. The van der Waals surface area contributed by atoms with Crippen molar-refractivity contribution in [2.45, 2.75) is 25.7 Å². The molecule has 1 fully saturated rings. The zero-order valence-electron chi connectivity index (χ0n) is 18.5. The van der Waals surface area contributed by atoms with Crippen LogP contribution in [0, 0.1) is 4.91 Å². The number of halogens is 1. The average molecular weight is 476 g/mol. The maximum absolute atomic E-state index is 11.5. The molecule has 4 aromatic rings. The number of aromatic amines is 1. The summed E-state index contributed by atoms with van der Waals surface area (Å²) in [5, 5.41) is 3.00. The van der Waals surface area contributed by atoms with E-state index in [1.54, 1.807) is 37.3 Å². The van der Waals surface area contributed by atoms with Gasteiger partial charge in [0.2, 0.25) is 0 Å². The van der Waals surface area contributed by atoms with Crippen LogP contribution in [0.4, 0.5) is 5.69 Å². The van der Waals surface area contributed by atoms with Crippen LogP contribution in [0.15, 0.2) is 59.8 Å². The lowest BCUT2D eigenvalue weighted by molar-refractivity contribution is -0.119. The van der Waals surface area contributed by atoms with Gasteiger partial charge in [-0.05, 0) is 55.7 Å². The number of carbonyl (C=O) groups excluding carboxylic acids is 1. The minimum absolute atomic E-state index is 0.270. The quantitative estimate of drug-likeness (QED) is 0.340. The van der Waals surface area contributed by atoms with E-state index in [-0.39, 0.29) is 6.01 Å². The molecule has 0 saturated carbocycles. The molecular weight excluding hydrogens is 454 g/mol. The predicted octanol–water partition coefficient (Wildman–Crippen LogP) is 6.07. The van der Waals surface area contributed by atoms with Gasteiger partial charge in [0.15, 0.2) is 5.65 Å². The van der Waals surface area contributed by atoms with Crippen LogP contribution in [0.2, 0.25) is 5.02 Å². The molecule has 0 spiro atoms. The van der Waals surface area contributed by atoms with Crippen LogP contribution < -0.4 is 9.64 Å². The summed E-state index contributed by atoms with van der Waals surface area (Å²) < 4.78 is 5.82. The fraction of sp³-hybridized carbons (Fsp3) is 0.240. The molecule has 1 N–H and O–H groups in total. The number of benzene rings is 2. The van der Waals surface area contributed by atoms with E-state index >= 15 is 0 Å². The molecule has 172 valence electrons. The highest BCUT2D eigenvalue weighted by atomic mass is 35.5. The first-order valence-corrected chi connectivity index (χ1v) is 11.5. The Balaban J connectivity index is 1.36. The normalized spacial score (nSPS) is 14.4. The number of pyridine rings is 1. The van der Waals surface area contributed by atoms with Gasteiger partial charge in [0, 0.05) is 29.5 Å². The SMILES string of the molecule is CC(C(=O)N=O)c1ccc(Oc2nc3nc(-c4ccc(N5CCCC5)cc4)c(Cl)cc3[nH]2)cc1. The number of hydrogen-bond acceptors (Lipinski definition) is 6. The van der Waals surface area contributed by atoms with Gasteiger partial charge >= 0.3 is 6.01 Å². The second kappa shape index (κ2) is 9.23. The van der Waals surface area contributed by atoms with Gasteiger partial charge in [-0.1, -0.05) is 35.9 Å². The third kappa shape index (κ3) is 4.36. The number of aromatic nitrogens is 3. The number of ether oxygens (including phenoxy) is 1. The number of H-pyrrole nitrogens is 1. The van der Waals surface area contributed by atoms with Gasteiger partial charge in [0.25, 0.3) is 5.91 Å². The van der Waals surface area contributed by atoms with Gasteiger partial charge in [-0.3, -0.25) is 4.79 Å². The molecule has 0 radical (unpaired) electrons. The number of imidazole rings is 1. The molecule has 3 heterocycles. The first kappa shape index (κ1) is 22.0. The monoisotopic (exact) mass is 475 g/mol. The Morgan fingerprint density at radius 1 is 1.09 bits per heavy atom. The van der Waals surface area contributed by atoms with E-state index in [2.05, 4.69) is 37.2 Å². The van der Waals surface area contributed by atoms with E-state index in [9.17, 15) is 9.70 Å². The van der Waals surface area contributed by atoms with Gasteiger partial charge < -0.3 is 14.6 Å². The fourth-order valence-electron chi connectivity index (χ4n) is 4.11. The van der Waals surface area contributed by atoms with Crippen LogP contribution >= 0.6 is 11.6 Å². The molecule has 1 saturated heterocycles. The summed E-state index contributed by atoms with van der Waals surface area (Å²) in [7, 11) is 0. The van der Waals surface area contributed by atoms with E-state index in [0.29, 0.717) is 33.2 Å². The van der Waals surface area contributed by atoms with Crippen molar-refractivity contribution in [2.24, 2.45) is 5.18 Å². The van der Waals surface area contributed by atoms with Crippen LogP contribution in [0.3, 0.4) is 0 Å². The second-order valence-electron chi connectivity index (χ2n) is 8.30. The molecule has 1 atom stereocenters. The molecule has 2 aromatic carbocycles. The molecule has 0 aliphatic carbocycles. The van der Waals surface area contributed by atoms with Crippen LogP contribution in [0.25, 0.3) is 22.4 Å². The summed E-state index contributed by atoms with van der Waals surface area (Å²) in [6.45, 7) is 3.82. The molecule has 2 aromatic heterocycles. The lowest BCUT2D eigenvalue weighted by Gasteiger charge is -2.17. The molecule has 34 heavy (non-hydrogen) atoms. The van der Waals surface area contributed by atoms with E-state index < -0.39 is 11.8 Å².